The van der Waals surface area contributed by atoms with Crippen LogP contribution >= 0.6 is 0 Å². The molecule has 0 aliphatic carbocycles. The lowest BCUT2D eigenvalue weighted by Crippen LogP contribution is -2.42. The normalized spacial score (nSPS) is 12.8. The fourth-order valence-corrected chi connectivity index (χ4v) is 1.66. The summed E-state index contributed by atoms with van der Waals surface area (Å²) in [6, 6.07) is -0.0822. The van der Waals surface area contributed by atoms with Crippen LogP contribution in [0.15, 0.2) is 0 Å². The van der Waals surface area contributed by atoms with Crippen molar-refractivity contribution in [2.24, 2.45) is 0 Å². The molecule has 0 aromatic rings. The van der Waals surface area contributed by atoms with Crippen molar-refractivity contribution in [3.05, 3.63) is 0 Å². The van der Waals surface area contributed by atoms with E-state index in [0.29, 0.717) is 0 Å². The van der Waals surface area contributed by atoms with Crippen LogP contribution < -0.4 is 4.72 Å². The number of rotatable bonds is 5. The van der Waals surface area contributed by atoms with Crippen molar-refractivity contribution in [1.29, 1.82) is 0 Å². The van der Waals surface area contributed by atoms with E-state index in [4.69, 9.17) is 5.11 Å². The van der Waals surface area contributed by atoms with Gasteiger partial charge in [0.05, 0.1) is 6.61 Å². The zero-order chi connectivity index (χ0) is 9.78. The van der Waals surface area contributed by atoms with Gasteiger partial charge in [0.2, 0.25) is 0 Å². The van der Waals surface area contributed by atoms with E-state index in [0.717, 1.165) is 0 Å². The predicted octanol–water partition coefficient (Wildman–Crippen LogP) is -0.847. The second-order valence-corrected chi connectivity index (χ2v) is 4.55. The third-order valence-electron chi connectivity index (χ3n) is 1.50. The van der Waals surface area contributed by atoms with Gasteiger partial charge < -0.3 is 5.11 Å². The van der Waals surface area contributed by atoms with Crippen LogP contribution in [0, 0.1) is 0 Å². The first-order chi connectivity index (χ1) is 5.41. The van der Waals surface area contributed by atoms with Gasteiger partial charge in [-0.1, -0.05) is 0 Å². The monoisotopic (exact) mass is 196 g/mol. The maximum absolute atomic E-state index is 11.2. The van der Waals surface area contributed by atoms with Crippen LogP contribution in [-0.2, 0) is 10.2 Å². The molecular weight excluding hydrogens is 180 g/mol. The van der Waals surface area contributed by atoms with Gasteiger partial charge in [-0.3, -0.25) is 0 Å². The fraction of sp³-hybridized carbons (Fsp3) is 1.00. The molecule has 0 amide bonds. The van der Waals surface area contributed by atoms with Crippen molar-refractivity contribution >= 4 is 10.2 Å². The lowest BCUT2D eigenvalue weighted by atomic mass is 10.4. The minimum Gasteiger partial charge on any atom is -0.395 e. The third-order valence-corrected chi connectivity index (χ3v) is 3.25. The number of aliphatic hydroxyl groups is 1. The highest BCUT2D eigenvalue weighted by Crippen LogP contribution is 1.99. The van der Waals surface area contributed by atoms with Crippen LogP contribution in [0.2, 0.25) is 0 Å². The van der Waals surface area contributed by atoms with E-state index in [9.17, 15) is 8.42 Å². The van der Waals surface area contributed by atoms with Crippen LogP contribution in [0.4, 0.5) is 0 Å². The van der Waals surface area contributed by atoms with E-state index in [-0.39, 0.29) is 19.2 Å². The van der Waals surface area contributed by atoms with Crippen LogP contribution in [0.3, 0.4) is 0 Å². The Balaban J connectivity index is 4.21. The summed E-state index contributed by atoms with van der Waals surface area (Å²) in [5, 5.41) is 8.40. The summed E-state index contributed by atoms with van der Waals surface area (Å²) in [4.78, 5) is 0. The first kappa shape index (κ1) is 11.8. The molecule has 2 N–H and O–H groups in total. The molecule has 0 aromatic carbocycles. The van der Waals surface area contributed by atoms with Gasteiger partial charge in [-0.05, 0) is 13.8 Å². The quantitative estimate of drug-likeness (QED) is 0.602. The van der Waals surface area contributed by atoms with Crippen LogP contribution in [0.1, 0.15) is 13.8 Å². The Morgan fingerprint density at radius 1 is 1.50 bits per heavy atom. The van der Waals surface area contributed by atoms with Crippen molar-refractivity contribution < 1.29 is 13.5 Å². The molecular formula is C6H16N2O3S. The Bertz CT molecular complexity index is 213. The minimum absolute atomic E-state index is 0.0550. The summed E-state index contributed by atoms with van der Waals surface area (Å²) >= 11 is 0. The summed E-state index contributed by atoms with van der Waals surface area (Å²) in [7, 11) is -1.91. The summed E-state index contributed by atoms with van der Waals surface area (Å²) in [5.41, 5.74) is 0. The lowest BCUT2D eigenvalue weighted by molar-refractivity contribution is 0.298. The maximum atomic E-state index is 11.2. The van der Waals surface area contributed by atoms with E-state index in [1.54, 1.807) is 13.8 Å². The zero-order valence-corrected chi connectivity index (χ0v) is 8.43. The molecule has 0 spiro atoms. The van der Waals surface area contributed by atoms with Gasteiger partial charge in [0.1, 0.15) is 0 Å². The standard InChI is InChI=1S/C6H16N2O3S/c1-6(2)8(3)12(10,11)7-4-5-9/h6-7,9H,4-5H2,1-3H3. The van der Waals surface area contributed by atoms with E-state index in [2.05, 4.69) is 4.72 Å². The van der Waals surface area contributed by atoms with Crippen molar-refractivity contribution in [2.75, 3.05) is 20.2 Å². The second kappa shape index (κ2) is 4.76. The van der Waals surface area contributed by atoms with E-state index >= 15 is 0 Å². The molecule has 0 saturated heterocycles. The fourth-order valence-electron chi connectivity index (χ4n) is 0.554. The molecule has 0 rings (SSSR count). The molecule has 74 valence electrons. The zero-order valence-electron chi connectivity index (χ0n) is 7.61. The summed E-state index contributed by atoms with van der Waals surface area (Å²) in [5.74, 6) is 0. The summed E-state index contributed by atoms with van der Waals surface area (Å²) < 4.78 is 25.9. The van der Waals surface area contributed by atoms with Gasteiger partial charge in [0.25, 0.3) is 10.2 Å². The number of nitrogens with one attached hydrogen (secondary N) is 1. The Labute approximate surface area is 73.6 Å². The predicted molar refractivity (Wildman–Crippen MR) is 46.9 cm³/mol. The number of hydrogen-bond acceptors (Lipinski definition) is 3. The van der Waals surface area contributed by atoms with E-state index < -0.39 is 10.2 Å². The highest BCUT2D eigenvalue weighted by molar-refractivity contribution is 7.87. The Hall–Kier alpha value is -0.170. The molecule has 0 aliphatic heterocycles. The molecule has 0 bridgehead atoms. The highest BCUT2D eigenvalue weighted by atomic mass is 32.2. The smallest absolute Gasteiger partial charge is 0.279 e. The summed E-state index contributed by atoms with van der Waals surface area (Å²) in [6.07, 6.45) is 0. The van der Waals surface area contributed by atoms with Crippen LogP contribution in [-0.4, -0.2) is 44.1 Å². The first-order valence-corrected chi connectivity index (χ1v) is 5.19. The van der Waals surface area contributed by atoms with Gasteiger partial charge in [0, 0.05) is 19.6 Å². The van der Waals surface area contributed by atoms with Gasteiger partial charge in [-0.2, -0.15) is 17.4 Å². The molecule has 6 heteroatoms. The van der Waals surface area contributed by atoms with Crippen molar-refractivity contribution in [1.82, 2.24) is 9.03 Å². The molecule has 0 saturated carbocycles. The first-order valence-electron chi connectivity index (χ1n) is 3.75. The SMILES string of the molecule is CC(C)N(C)S(=O)(=O)NCCO. The van der Waals surface area contributed by atoms with Crippen LogP contribution in [0.25, 0.3) is 0 Å². The maximum Gasteiger partial charge on any atom is 0.279 e. The molecule has 0 atom stereocenters. The molecule has 0 radical (unpaired) electrons. The average molecular weight is 196 g/mol. The summed E-state index contributed by atoms with van der Waals surface area (Å²) in [6.45, 7) is 3.42. The number of aliphatic hydroxyl groups excluding tert-OH is 1. The second-order valence-electron chi connectivity index (χ2n) is 2.73. The third kappa shape index (κ3) is 3.48. The van der Waals surface area contributed by atoms with Crippen molar-refractivity contribution in [3.8, 4) is 0 Å². The number of nitrogens with zero attached hydrogens (tertiary/aromatic N) is 1. The Kier molecular flexibility index (Phi) is 4.69. The molecule has 5 nitrogen and oxygen atoms in total. The largest absolute Gasteiger partial charge is 0.395 e. The highest BCUT2D eigenvalue weighted by Gasteiger charge is 2.18. The van der Waals surface area contributed by atoms with Gasteiger partial charge in [-0.25, -0.2) is 0 Å². The van der Waals surface area contributed by atoms with Crippen molar-refractivity contribution in [3.63, 3.8) is 0 Å². The number of hydrogen-bond donors (Lipinski definition) is 2. The lowest BCUT2D eigenvalue weighted by Gasteiger charge is -2.20. The molecule has 0 fully saturated rings. The molecule has 0 unspecified atom stereocenters. The van der Waals surface area contributed by atoms with Gasteiger partial charge in [0.15, 0.2) is 0 Å². The Morgan fingerprint density at radius 3 is 2.33 bits per heavy atom. The molecule has 12 heavy (non-hydrogen) atoms. The average Bonchev–Trinajstić information content (AvgIpc) is 1.99. The van der Waals surface area contributed by atoms with Crippen LogP contribution in [0.5, 0.6) is 0 Å². The molecule has 0 heterocycles. The molecule has 0 aliphatic rings. The van der Waals surface area contributed by atoms with Crippen molar-refractivity contribution in [2.45, 2.75) is 19.9 Å². The minimum atomic E-state index is -3.40. The topological polar surface area (TPSA) is 69.6 Å². The Morgan fingerprint density at radius 2 is 2.00 bits per heavy atom. The molecule has 0 aromatic heterocycles. The van der Waals surface area contributed by atoms with E-state index in [1.807, 2.05) is 0 Å². The van der Waals surface area contributed by atoms with Gasteiger partial charge in [-0.15, -0.1) is 0 Å². The van der Waals surface area contributed by atoms with E-state index in [1.165, 1.54) is 11.4 Å². The van der Waals surface area contributed by atoms with Gasteiger partial charge >= 0.3 is 0 Å².